The molecule has 0 N–H and O–H groups in total. The first-order valence-corrected chi connectivity index (χ1v) is 8.32. The highest BCUT2D eigenvalue weighted by atomic mass is 32.2. The molecule has 0 saturated heterocycles. The molecular formula is C20H19NOS. The van der Waals surface area contributed by atoms with Gasteiger partial charge in [0.1, 0.15) is 10.8 Å². The second-order valence-corrected chi connectivity index (χ2v) is 6.29. The second-order valence-electron chi connectivity index (χ2n) is 5.26. The fourth-order valence-electron chi connectivity index (χ4n) is 2.63. The van der Waals surface area contributed by atoms with Crippen LogP contribution in [-0.4, -0.2) is 19.2 Å². The van der Waals surface area contributed by atoms with E-state index >= 15 is 0 Å². The van der Waals surface area contributed by atoms with Crippen LogP contribution in [0.3, 0.4) is 0 Å². The van der Waals surface area contributed by atoms with Crippen LogP contribution in [0.5, 0.6) is 5.75 Å². The Balaban J connectivity index is 2.09. The van der Waals surface area contributed by atoms with Crippen molar-refractivity contribution < 1.29 is 4.74 Å². The first-order chi connectivity index (χ1) is 11.2. The van der Waals surface area contributed by atoms with E-state index in [1.54, 1.807) is 18.9 Å². The zero-order valence-corrected chi connectivity index (χ0v) is 14.4. The number of aliphatic imine (C=N–C) groups is 1. The number of hydrogen-bond acceptors (Lipinski definition) is 3. The first kappa shape index (κ1) is 15.6. The highest BCUT2D eigenvalue weighted by Gasteiger charge is 2.15. The van der Waals surface area contributed by atoms with Gasteiger partial charge in [-0.05, 0) is 30.0 Å². The number of rotatable bonds is 3. The molecule has 0 aliphatic carbocycles. The summed E-state index contributed by atoms with van der Waals surface area (Å²) in [5, 5.41) is 3.24. The molecule has 0 amide bonds. The predicted molar refractivity (Wildman–Crippen MR) is 100.0 cm³/mol. The van der Waals surface area contributed by atoms with Gasteiger partial charge in [-0.3, -0.25) is 4.99 Å². The maximum atomic E-state index is 5.72. The molecule has 0 saturated carbocycles. The topological polar surface area (TPSA) is 21.6 Å². The lowest BCUT2D eigenvalue weighted by Gasteiger charge is -2.14. The van der Waals surface area contributed by atoms with Crippen molar-refractivity contribution in [2.24, 2.45) is 4.99 Å². The van der Waals surface area contributed by atoms with Crippen molar-refractivity contribution in [1.82, 2.24) is 0 Å². The van der Waals surface area contributed by atoms with E-state index in [-0.39, 0.29) is 0 Å². The first-order valence-electron chi connectivity index (χ1n) is 7.51. The van der Waals surface area contributed by atoms with Crippen molar-refractivity contribution in [3.05, 3.63) is 71.8 Å². The van der Waals surface area contributed by atoms with Gasteiger partial charge in [0.05, 0.1) is 7.11 Å². The van der Waals surface area contributed by atoms with E-state index < -0.39 is 0 Å². The number of methoxy groups -OCH3 is 1. The van der Waals surface area contributed by atoms with E-state index in [4.69, 9.17) is 4.74 Å². The van der Waals surface area contributed by atoms with Crippen LogP contribution in [-0.2, 0) is 0 Å². The maximum absolute atomic E-state index is 5.72. The van der Waals surface area contributed by atoms with Crippen LogP contribution in [0.15, 0.2) is 70.6 Å². The molecule has 0 aliphatic heterocycles. The molecule has 3 aromatic carbocycles. The fraction of sp³-hybridized carbons (Fsp3) is 0.150. The van der Waals surface area contributed by atoms with E-state index in [2.05, 4.69) is 60.4 Å². The zero-order chi connectivity index (χ0) is 16.2. The van der Waals surface area contributed by atoms with Crippen molar-refractivity contribution in [3.63, 3.8) is 0 Å². The summed E-state index contributed by atoms with van der Waals surface area (Å²) in [4.78, 5) is 5.72. The standard InChI is InChI=1S/C20H19NOS/c1-14-8-4-7-11-18(14)23-20(21-2)17-13-12-15-9-5-6-10-16(15)19(17)22-3/h4-13H,1-3H3. The highest BCUT2D eigenvalue weighted by Crippen LogP contribution is 2.35. The van der Waals surface area contributed by atoms with Gasteiger partial charge in [-0.25, -0.2) is 0 Å². The van der Waals surface area contributed by atoms with Gasteiger partial charge in [-0.15, -0.1) is 0 Å². The Hall–Kier alpha value is -2.26. The van der Waals surface area contributed by atoms with E-state index in [0.29, 0.717) is 0 Å². The second kappa shape index (κ2) is 6.88. The van der Waals surface area contributed by atoms with Crippen LogP contribution in [0.25, 0.3) is 10.8 Å². The average molecular weight is 321 g/mol. The summed E-state index contributed by atoms with van der Waals surface area (Å²) in [7, 11) is 3.55. The summed E-state index contributed by atoms with van der Waals surface area (Å²) in [6, 6.07) is 20.8. The molecule has 3 aromatic rings. The minimum atomic E-state index is 0.879. The lowest BCUT2D eigenvalue weighted by Crippen LogP contribution is -2.01. The number of ether oxygens (including phenoxy) is 1. The van der Waals surface area contributed by atoms with Gasteiger partial charge in [0, 0.05) is 22.9 Å². The van der Waals surface area contributed by atoms with Crippen LogP contribution in [0, 0.1) is 6.92 Å². The summed E-state index contributed by atoms with van der Waals surface area (Å²) in [6.07, 6.45) is 0. The van der Waals surface area contributed by atoms with Gasteiger partial charge in [-0.1, -0.05) is 60.3 Å². The van der Waals surface area contributed by atoms with Crippen LogP contribution in [0.2, 0.25) is 0 Å². The smallest absolute Gasteiger partial charge is 0.136 e. The third kappa shape index (κ3) is 3.10. The monoisotopic (exact) mass is 321 g/mol. The van der Waals surface area contributed by atoms with Crippen molar-refractivity contribution in [1.29, 1.82) is 0 Å². The summed E-state index contributed by atoms with van der Waals surface area (Å²) in [5.41, 5.74) is 2.28. The quantitative estimate of drug-likeness (QED) is 0.370. The number of nitrogens with zero attached hydrogens (tertiary/aromatic N) is 1. The molecule has 0 atom stereocenters. The van der Waals surface area contributed by atoms with Gasteiger partial charge in [0.25, 0.3) is 0 Å². The number of aryl methyl sites for hydroxylation is 1. The summed E-state index contributed by atoms with van der Waals surface area (Å²) >= 11 is 1.68. The Morgan fingerprint density at radius 3 is 2.43 bits per heavy atom. The molecule has 23 heavy (non-hydrogen) atoms. The van der Waals surface area contributed by atoms with Gasteiger partial charge < -0.3 is 4.74 Å². The minimum Gasteiger partial charge on any atom is -0.495 e. The van der Waals surface area contributed by atoms with Crippen LogP contribution >= 0.6 is 11.8 Å². The lowest BCUT2D eigenvalue weighted by molar-refractivity contribution is 0.419. The molecule has 0 heterocycles. The third-order valence-electron chi connectivity index (χ3n) is 3.82. The van der Waals surface area contributed by atoms with Crippen LogP contribution < -0.4 is 4.74 Å². The zero-order valence-electron chi connectivity index (χ0n) is 13.5. The largest absolute Gasteiger partial charge is 0.495 e. The SMILES string of the molecule is CN=C(Sc1ccccc1C)c1ccc2ccccc2c1OC. The van der Waals surface area contributed by atoms with Crippen molar-refractivity contribution >= 4 is 27.6 Å². The number of fused-ring (bicyclic) bond motifs is 1. The molecular weight excluding hydrogens is 302 g/mol. The van der Waals surface area contributed by atoms with Crippen LogP contribution in [0.4, 0.5) is 0 Å². The Kier molecular flexibility index (Phi) is 4.68. The minimum absolute atomic E-state index is 0.879. The van der Waals surface area contributed by atoms with Gasteiger partial charge >= 0.3 is 0 Å². The van der Waals surface area contributed by atoms with Crippen molar-refractivity contribution in [3.8, 4) is 5.75 Å². The van der Waals surface area contributed by atoms with Gasteiger partial charge in [-0.2, -0.15) is 0 Å². The Labute approximate surface area is 141 Å². The Morgan fingerprint density at radius 1 is 0.957 bits per heavy atom. The van der Waals surface area contributed by atoms with Crippen molar-refractivity contribution in [2.45, 2.75) is 11.8 Å². The predicted octanol–water partition coefficient (Wildman–Crippen LogP) is 5.33. The summed E-state index contributed by atoms with van der Waals surface area (Å²) in [6.45, 7) is 2.12. The fourth-order valence-corrected chi connectivity index (χ4v) is 3.57. The van der Waals surface area contributed by atoms with E-state index in [1.165, 1.54) is 15.8 Å². The molecule has 0 aliphatic rings. The molecule has 0 aromatic heterocycles. The number of hydrogen-bond donors (Lipinski definition) is 0. The summed E-state index contributed by atoms with van der Waals surface area (Å²) in [5.74, 6) is 0.879. The normalized spacial score (nSPS) is 11.7. The van der Waals surface area contributed by atoms with E-state index in [9.17, 15) is 0 Å². The number of benzene rings is 3. The van der Waals surface area contributed by atoms with Crippen LogP contribution in [0.1, 0.15) is 11.1 Å². The lowest BCUT2D eigenvalue weighted by atomic mass is 10.1. The molecule has 0 unspecified atom stereocenters. The van der Waals surface area contributed by atoms with E-state index in [0.717, 1.165) is 21.7 Å². The van der Waals surface area contributed by atoms with E-state index in [1.807, 2.05) is 19.2 Å². The molecule has 116 valence electrons. The molecule has 0 spiro atoms. The highest BCUT2D eigenvalue weighted by molar-refractivity contribution is 8.14. The Bertz CT molecular complexity index is 870. The third-order valence-corrected chi connectivity index (χ3v) is 5.09. The summed E-state index contributed by atoms with van der Waals surface area (Å²) < 4.78 is 5.72. The van der Waals surface area contributed by atoms with Gasteiger partial charge in [0.15, 0.2) is 0 Å². The maximum Gasteiger partial charge on any atom is 0.136 e. The average Bonchev–Trinajstić information content (AvgIpc) is 2.60. The molecule has 0 bridgehead atoms. The number of thioether (sulfide) groups is 1. The molecule has 2 nitrogen and oxygen atoms in total. The molecule has 3 heteroatoms. The molecule has 3 rings (SSSR count). The van der Waals surface area contributed by atoms with Gasteiger partial charge in [0.2, 0.25) is 0 Å². The molecule has 0 fully saturated rings. The Morgan fingerprint density at radius 2 is 1.70 bits per heavy atom. The molecule has 0 radical (unpaired) electrons. The van der Waals surface area contributed by atoms with Crippen molar-refractivity contribution in [2.75, 3.05) is 14.2 Å².